The lowest BCUT2D eigenvalue weighted by molar-refractivity contribution is 0.212. The number of benzene rings is 1. The number of sulfonamides is 1. The highest BCUT2D eigenvalue weighted by atomic mass is 32.2. The van der Waals surface area contributed by atoms with Crippen LogP contribution in [0.2, 0.25) is 0 Å². The summed E-state index contributed by atoms with van der Waals surface area (Å²) in [5.41, 5.74) is 1.07. The van der Waals surface area contributed by atoms with Gasteiger partial charge in [-0.1, -0.05) is 19.9 Å². The van der Waals surface area contributed by atoms with Crippen LogP contribution in [-0.2, 0) is 10.0 Å². The minimum Gasteiger partial charge on any atom is -0.207 e. The second-order valence-corrected chi connectivity index (χ2v) is 7.60. The first-order valence-corrected chi connectivity index (χ1v) is 8.31. The van der Waals surface area contributed by atoms with Gasteiger partial charge in [-0.3, -0.25) is 0 Å². The second-order valence-electron chi connectivity index (χ2n) is 5.70. The fourth-order valence-corrected chi connectivity index (χ4v) is 4.34. The molecule has 0 saturated carbocycles. The van der Waals surface area contributed by atoms with Gasteiger partial charge in [0.1, 0.15) is 0 Å². The highest BCUT2D eigenvalue weighted by Crippen LogP contribution is 2.28. The summed E-state index contributed by atoms with van der Waals surface area (Å²) in [5.74, 6) is 0.908. The summed E-state index contributed by atoms with van der Waals surface area (Å²) in [5, 5.41) is 8.95. The third-order valence-electron chi connectivity index (χ3n) is 4.23. The van der Waals surface area contributed by atoms with Crippen molar-refractivity contribution in [2.24, 2.45) is 11.8 Å². The molecule has 1 fully saturated rings. The van der Waals surface area contributed by atoms with Gasteiger partial charge in [0.25, 0.3) is 0 Å². The smallest absolute Gasteiger partial charge is 0.207 e. The van der Waals surface area contributed by atoms with E-state index in [2.05, 4.69) is 13.8 Å². The Hall–Kier alpha value is -1.38. The topological polar surface area (TPSA) is 61.2 Å². The molecule has 108 valence electrons. The Morgan fingerprint density at radius 1 is 1.30 bits per heavy atom. The zero-order chi connectivity index (χ0) is 14.9. The molecule has 1 heterocycles. The average molecular weight is 292 g/mol. The molecular weight excluding hydrogens is 272 g/mol. The van der Waals surface area contributed by atoms with Gasteiger partial charge < -0.3 is 0 Å². The SMILES string of the molecule is Cc1ccc(C#N)cc1S(=O)(=O)N1CCC(C)C(C)C1. The standard InChI is InChI=1S/C15H20N2O2S/c1-11-6-7-17(10-13(11)3)20(18,19)15-8-14(9-16)5-4-12(15)2/h4-5,8,11,13H,6-7,10H2,1-3H3. The Morgan fingerprint density at radius 3 is 2.60 bits per heavy atom. The molecule has 0 bridgehead atoms. The van der Waals surface area contributed by atoms with E-state index in [0.29, 0.717) is 36.1 Å². The predicted molar refractivity (Wildman–Crippen MR) is 77.6 cm³/mol. The molecule has 0 amide bonds. The van der Waals surface area contributed by atoms with E-state index in [4.69, 9.17) is 5.26 Å². The van der Waals surface area contributed by atoms with Gasteiger partial charge in [-0.25, -0.2) is 8.42 Å². The molecule has 0 aromatic heterocycles. The predicted octanol–water partition coefficient (Wildman–Crippen LogP) is 2.53. The molecule has 0 spiro atoms. The minimum atomic E-state index is -3.50. The van der Waals surface area contributed by atoms with Gasteiger partial charge in [-0.2, -0.15) is 9.57 Å². The average Bonchev–Trinajstić information content (AvgIpc) is 2.42. The van der Waals surface area contributed by atoms with Gasteiger partial charge in [0.05, 0.1) is 16.5 Å². The van der Waals surface area contributed by atoms with Crippen LogP contribution in [0.5, 0.6) is 0 Å². The summed E-state index contributed by atoms with van der Waals surface area (Å²) in [4.78, 5) is 0.262. The van der Waals surface area contributed by atoms with Crippen molar-refractivity contribution in [3.8, 4) is 6.07 Å². The van der Waals surface area contributed by atoms with Crippen LogP contribution in [0.4, 0.5) is 0 Å². The van der Waals surface area contributed by atoms with Crippen molar-refractivity contribution in [3.05, 3.63) is 29.3 Å². The zero-order valence-corrected chi connectivity index (χ0v) is 12.9. The lowest BCUT2D eigenvalue weighted by atomic mass is 9.90. The molecular formula is C15H20N2O2S. The maximum absolute atomic E-state index is 12.7. The van der Waals surface area contributed by atoms with E-state index in [1.165, 1.54) is 6.07 Å². The van der Waals surface area contributed by atoms with Crippen molar-refractivity contribution in [1.29, 1.82) is 5.26 Å². The Labute approximate surface area is 121 Å². The Kier molecular flexibility index (Phi) is 4.17. The highest BCUT2D eigenvalue weighted by molar-refractivity contribution is 7.89. The quantitative estimate of drug-likeness (QED) is 0.841. The van der Waals surface area contributed by atoms with Crippen molar-refractivity contribution in [2.75, 3.05) is 13.1 Å². The van der Waals surface area contributed by atoms with Gasteiger partial charge in [0.2, 0.25) is 10.0 Å². The van der Waals surface area contributed by atoms with Crippen LogP contribution in [0.15, 0.2) is 23.1 Å². The number of piperidine rings is 1. The lowest BCUT2D eigenvalue weighted by Gasteiger charge is -2.34. The van der Waals surface area contributed by atoms with Crippen molar-refractivity contribution >= 4 is 10.0 Å². The minimum absolute atomic E-state index is 0.262. The fraction of sp³-hybridized carbons (Fsp3) is 0.533. The molecule has 1 aromatic carbocycles. The van der Waals surface area contributed by atoms with Crippen molar-refractivity contribution < 1.29 is 8.42 Å². The van der Waals surface area contributed by atoms with E-state index in [1.54, 1.807) is 23.4 Å². The van der Waals surface area contributed by atoms with Gasteiger partial charge >= 0.3 is 0 Å². The van der Waals surface area contributed by atoms with Crippen LogP contribution < -0.4 is 0 Å². The third-order valence-corrected chi connectivity index (χ3v) is 6.24. The summed E-state index contributed by atoms with van der Waals surface area (Å²) < 4.78 is 27.0. The van der Waals surface area contributed by atoms with E-state index in [0.717, 1.165) is 6.42 Å². The molecule has 5 heteroatoms. The second kappa shape index (κ2) is 5.55. The summed E-state index contributed by atoms with van der Waals surface area (Å²) >= 11 is 0. The Morgan fingerprint density at radius 2 is 2.00 bits per heavy atom. The van der Waals surface area contributed by atoms with Gasteiger partial charge in [-0.15, -0.1) is 0 Å². The van der Waals surface area contributed by atoms with Crippen LogP contribution in [0.3, 0.4) is 0 Å². The van der Waals surface area contributed by atoms with Crippen LogP contribution in [0.25, 0.3) is 0 Å². The zero-order valence-electron chi connectivity index (χ0n) is 12.1. The summed E-state index contributed by atoms with van der Waals surface area (Å²) in [6, 6.07) is 6.83. The normalized spacial score (nSPS) is 24.3. The molecule has 2 rings (SSSR count). The Bertz CT molecular complexity index is 646. The highest BCUT2D eigenvalue weighted by Gasteiger charge is 2.32. The molecule has 2 atom stereocenters. The number of rotatable bonds is 2. The van der Waals surface area contributed by atoms with Crippen LogP contribution in [0, 0.1) is 30.1 Å². The molecule has 0 radical (unpaired) electrons. The largest absolute Gasteiger partial charge is 0.243 e. The van der Waals surface area contributed by atoms with Crippen LogP contribution in [-0.4, -0.2) is 25.8 Å². The van der Waals surface area contributed by atoms with Crippen molar-refractivity contribution in [3.63, 3.8) is 0 Å². The number of nitriles is 1. The first-order valence-electron chi connectivity index (χ1n) is 6.87. The van der Waals surface area contributed by atoms with E-state index >= 15 is 0 Å². The molecule has 20 heavy (non-hydrogen) atoms. The molecule has 4 nitrogen and oxygen atoms in total. The number of hydrogen-bond acceptors (Lipinski definition) is 3. The Balaban J connectivity index is 2.38. The van der Waals surface area contributed by atoms with Crippen molar-refractivity contribution in [2.45, 2.75) is 32.1 Å². The molecule has 1 aliphatic heterocycles. The lowest BCUT2D eigenvalue weighted by Crippen LogP contribution is -2.42. The molecule has 2 unspecified atom stereocenters. The number of aryl methyl sites for hydroxylation is 1. The van der Waals surface area contributed by atoms with E-state index < -0.39 is 10.0 Å². The maximum Gasteiger partial charge on any atom is 0.243 e. The van der Waals surface area contributed by atoms with Gasteiger partial charge in [-0.05, 0) is 42.9 Å². The summed E-state index contributed by atoms with van der Waals surface area (Å²) in [6.07, 6.45) is 0.886. The monoisotopic (exact) mass is 292 g/mol. The molecule has 1 aliphatic rings. The first-order chi connectivity index (χ1) is 9.36. The fourth-order valence-electron chi connectivity index (χ4n) is 2.53. The van der Waals surface area contributed by atoms with Gasteiger partial charge in [0, 0.05) is 13.1 Å². The van der Waals surface area contributed by atoms with Crippen LogP contribution in [0.1, 0.15) is 31.4 Å². The van der Waals surface area contributed by atoms with Crippen molar-refractivity contribution in [1.82, 2.24) is 4.31 Å². The van der Waals surface area contributed by atoms with E-state index in [9.17, 15) is 8.42 Å². The first kappa shape index (κ1) is 15.0. The maximum atomic E-state index is 12.7. The summed E-state index contributed by atoms with van der Waals surface area (Å²) in [6.45, 7) is 7.13. The summed E-state index contributed by atoms with van der Waals surface area (Å²) in [7, 11) is -3.50. The van der Waals surface area contributed by atoms with Crippen LogP contribution >= 0.6 is 0 Å². The molecule has 1 saturated heterocycles. The molecule has 1 aromatic rings. The van der Waals surface area contributed by atoms with E-state index in [-0.39, 0.29) is 4.90 Å². The van der Waals surface area contributed by atoms with E-state index in [1.807, 2.05) is 6.07 Å². The molecule has 0 N–H and O–H groups in total. The number of nitrogens with zero attached hydrogens (tertiary/aromatic N) is 2. The third kappa shape index (κ3) is 2.72. The van der Waals surface area contributed by atoms with Gasteiger partial charge in [0.15, 0.2) is 0 Å². The molecule has 0 aliphatic carbocycles. The number of hydrogen-bond donors (Lipinski definition) is 0.